The summed E-state index contributed by atoms with van der Waals surface area (Å²) in [6.45, 7) is 44.4. The van der Waals surface area contributed by atoms with Crippen molar-refractivity contribution in [3.05, 3.63) is 57.8 Å². The van der Waals surface area contributed by atoms with E-state index >= 15 is 8.78 Å². The average Bonchev–Trinajstić information content (AvgIpc) is 1.57. The van der Waals surface area contributed by atoms with Crippen molar-refractivity contribution < 1.29 is 18.3 Å². The van der Waals surface area contributed by atoms with Gasteiger partial charge in [-0.2, -0.15) is 8.75 Å². The van der Waals surface area contributed by atoms with Gasteiger partial charge in [-0.25, -0.2) is 8.78 Å². The van der Waals surface area contributed by atoms with Gasteiger partial charge in [-0.15, -0.1) is 68.0 Å². The lowest BCUT2D eigenvalue weighted by Crippen LogP contribution is -2.57. The first-order valence-electron chi connectivity index (χ1n) is 50.2. The molecular weight excluding hydrogens is 1650 g/mol. The first-order valence-corrected chi connectivity index (χ1v) is 60.7. The van der Waals surface area contributed by atoms with Crippen LogP contribution in [0, 0.1) is 47.1 Å². The summed E-state index contributed by atoms with van der Waals surface area (Å²) in [6.07, 6.45) is 52.1. The minimum Gasteiger partial charge on any atom is -0.491 e. The van der Waals surface area contributed by atoms with Crippen LogP contribution in [-0.2, 0) is 10.8 Å². The Kier molecular flexibility index (Phi) is 38.6. The number of hydrogen-bond acceptors (Lipinski definition) is 11. The van der Waals surface area contributed by atoms with Crippen molar-refractivity contribution in [3.63, 3.8) is 0 Å². The molecule has 0 saturated heterocycles. The minimum absolute atomic E-state index is 0.0124. The summed E-state index contributed by atoms with van der Waals surface area (Å²) in [5, 5.41) is 8.67. The van der Waals surface area contributed by atoms with E-state index in [-0.39, 0.29) is 10.8 Å². The van der Waals surface area contributed by atoms with Crippen LogP contribution in [-0.4, -0.2) is 38.1 Å². The summed E-state index contributed by atoms with van der Waals surface area (Å²) >= 11 is 12.6. The third-order valence-corrected chi connectivity index (χ3v) is 49.9. The molecule has 0 N–H and O–H groups in total. The van der Waals surface area contributed by atoms with E-state index in [0.29, 0.717) is 57.7 Å². The molecule has 0 fully saturated rings. The van der Waals surface area contributed by atoms with Gasteiger partial charge in [-0.3, -0.25) is 0 Å². The van der Waals surface area contributed by atoms with Crippen molar-refractivity contribution in [2.75, 3.05) is 13.2 Å². The van der Waals surface area contributed by atoms with Gasteiger partial charge in [0.25, 0.3) is 0 Å². The third-order valence-electron chi connectivity index (χ3n) is 29.7. The highest BCUT2D eigenvalue weighted by Gasteiger charge is 2.53. The molecule has 2 aliphatic rings. The van der Waals surface area contributed by atoms with Crippen LogP contribution < -0.4 is 30.2 Å². The van der Waals surface area contributed by atoms with Crippen molar-refractivity contribution in [1.82, 2.24) is 8.75 Å². The summed E-state index contributed by atoms with van der Waals surface area (Å²) in [5.41, 5.74) is 1.69. The Bertz CT molecular complexity index is 4510. The molecule has 15 heteroatoms. The van der Waals surface area contributed by atoms with Gasteiger partial charge < -0.3 is 9.47 Å². The zero-order valence-corrected chi connectivity index (χ0v) is 86.9. The van der Waals surface area contributed by atoms with Gasteiger partial charge in [0.15, 0.2) is 11.6 Å². The van der Waals surface area contributed by atoms with Crippen LogP contribution in [0.25, 0.3) is 81.3 Å². The SMILES string of the molecule is CCCCCCCCC(CCCCCC)COc1c2cc(C(C)(C)CC)sc2c(OCC(CCCCCC)CCCCCCCC)c2cc(-c3cc4c(s3)-c3sc(-c5c(F)c(F)c(-c6cc7c(s6)-c6sc(C(C)(C)CC)cc6[Si]7(CC(CC)CCCC)CC(CC)CCCC)c6nsnc56)cc3[Si]4(CC(CC)CCCC)CC(CC)CCCC)sc12. The lowest BCUT2D eigenvalue weighted by Gasteiger charge is -2.36. The molecule has 0 spiro atoms. The van der Waals surface area contributed by atoms with Crippen LogP contribution in [0.3, 0.4) is 0 Å². The lowest BCUT2D eigenvalue weighted by molar-refractivity contribution is 0.226. The lowest BCUT2D eigenvalue weighted by atomic mass is 9.88. The number of rotatable bonds is 61. The molecule has 7 aromatic heterocycles. The Hall–Kier alpha value is -3.13. The largest absolute Gasteiger partial charge is 0.491 e. The topological polar surface area (TPSA) is 44.2 Å². The molecule has 672 valence electrons. The number of unbranched alkanes of at least 4 members (excludes halogenated alkanes) is 20. The maximum absolute atomic E-state index is 19.0. The van der Waals surface area contributed by atoms with E-state index in [2.05, 4.69) is 161 Å². The minimum atomic E-state index is -2.72. The highest BCUT2D eigenvalue weighted by atomic mass is 32.1. The van der Waals surface area contributed by atoms with Crippen molar-refractivity contribution in [3.8, 4) is 61.6 Å². The van der Waals surface area contributed by atoms with E-state index in [1.54, 1.807) is 33.0 Å². The average molecular weight is 1820 g/mol. The maximum atomic E-state index is 19.0. The summed E-state index contributed by atoms with van der Waals surface area (Å²) in [7, 11) is -5.21. The van der Waals surface area contributed by atoms with E-state index in [0.717, 1.165) is 71.9 Å². The van der Waals surface area contributed by atoms with Gasteiger partial charge in [-0.05, 0) is 166 Å². The molecule has 0 amide bonds. The number of halogens is 2. The molecule has 9 aromatic rings. The van der Waals surface area contributed by atoms with Gasteiger partial charge in [0.1, 0.15) is 38.7 Å². The summed E-state index contributed by atoms with van der Waals surface area (Å²) in [5.74, 6) is 3.93. The normalized spacial score (nSPS) is 16.9. The fraction of sp³-hybridized carbons (Fsp3) is 0.698. The second-order valence-electron chi connectivity index (χ2n) is 39.4. The molecular formula is C106H162F2N2O2S7Si2. The summed E-state index contributed by atoms with van der Waals surface area (Å²) < 4.78 is 66.1. The number of fused-ring (bicyclic) bond motifs is 9. The maximum Gasteiger partial charge on any atom is 0.170 e. The van der Waals surface area contributed by atoms with Crippen LogP contribution in [0.1, 0.15) is 404 Å². The molecule has 2 aromatic carbocycles. The standard InChI is InChI=1S/C106H162F2N2O2S7Si2/c1-19-33-41-45-47-51-59-77(57-49-43-35-21-3)67-111-97-79-61-81(113-99(79)98(80-62-89(117-100(80)97)105(15,16)31-13)112-68-78(58-50-44-36-22-4)60-52-48-46-42-34-20-2)82-63-85-101(114-82)102-86(120(85,69-73(27-9)53-37-23-5)70-74(28-10)54-38-24-6)64-83(115-102)91-93(107)94(108)92(96-95(91)109-119-110-96)84-65-87-103(116-84)104-88(66-90(118-104)106(17,18)32-14)121(87,71-75(29-11)55-39-25-7)72-76(30-12)56-40-26-8/h61-66,73-78H,19-60,67-72H2,1-18H3. The first kappa shape index (κ1) is 98.5. The Labute approximate surface area is 765 Å². The second-order valence-corrected chi connectivity index (χ2v) is 54.4. The molecule has 0 bridgehead atoms. The van der Waals surface area contributed by atoms with E-state index in [1.807, 2.05) is 45.3 Å². The molecule has 6 atom stereocenters. The highest BCUT2D eigenvalue weighted by Crippen LogP contribution is 2.58. The summed E-state index contributed by atoms with van der Waals surface area (Å²) in [4.78, 5) is 12.6. The molecule has 0 aliphatic carbocycles. The van der Waals surface area contributed by atoms with Crippen LogP contribution in [0.15, 0.2) is 36.4 Å². The van der Waals surface area contributed by atoms with Crippen molar-refractivity contribution in [2.45, 2.75) is 429 Å². The predicted molar refractivity (Wildman–Crippen MR) is 547 cm³/mol. The highest BCUT2D eigenvalue weighted by molar-refractivity contribution is 7.34. The van der Waals surface area contributed by atoms with Crippen molar-refractivity contribution >= 4 is 148 Å². The summed E-state index contributed by atoms with van der Waals surface area (Å²) in [6, 6.07) is 20.2. The van der Waals surface area contributed by atoms with E-state index in [4.69, 9.17) is 18.2 Å². The second kappa shape index (κ2) is 47.4. The van der Waals surface area contributed by atoms with E-state index in [9.17, 15) is 0 Å². The predicted octanol–water partition coefficient (Wildman–Crippen LogP) is 36.4. The molecule has 9 heterocycles. The van der Waals surface area contributed by atoms with Gasteiger partial charge in [0.2, 0.25) is 0 Å². The van der Waals surface area contributed by atoms with Crippen LogP contribution >= 0.6 is 79.7 Å². The zero-order valence-electron chi connectivity index (χ0n) is 79.2. The van der Waals surface area contributed by atoms with Crippen molar-refractivity contribution in [2.24, 2.45) is 35.5 Å². The number of benzene rings is 2. The molecule has 0 radical (unpaired) electrons. The van der Waals surface area contributed by atoms with Gasteiger partial charge in [0, 0.05) is 59.5 Å². The Morgan fingerprint density at radius 1 is 0.322 bits per heavy atom. The zero-order chi connectivity index (χ0) is 86.4. The van der Waals surface area contributed by atoms with Crippen molar-refractivity contribution in [1.29, 1.82) is 0 Å². The Balaban J connectivity index is 1.10. The third kappa shape index (κ3) is 23.0. The fourth-order valence-electron chi connectivity index (χ4n) is 20.8. The molecule has 6 unspecified atom stereocenters. The first-order chi connectivity index (χ1) is 58.7. The molecule has 4 nitrogen and oxygen atoms in total. The van der Waals surface area contributed by atoms with Crippen LogP contribution in [0.5, 0.6) is 11.5 Å². The van der Waals surface area contributed by atoms with Crippen LogP contribution in [0.2, 0.25) is 24.2 Å². The Morgan fingerprint density at radius 3 is 0.992 bits per heavy atom. The quantitative estimate of drug-likeness (QED) is 0.0281. The van der Waals surface area contributed by atoms with Gasteiger partial charge in [-0.1, -0.05) is 356 Å². The molecule has 2 aliphatic heterocycles. The monoisotopic (exact) mass is 1810 g/mol. The molecule has 11 rings (SSSR count). The smallest absolute Gasteiger partial charge is 0.170 e. The van der Waals surface area contributed by atoms with E-state index < -0.39 is 27.8 Å². The Morgan fingerprint density at radius 2 is 0.620 bits per heavy atom. The van der Waals surface area contributed by atoms with Gasteiger partial charge in [0.05, 0.1) is 45.5 Å². The van der Waals surface area contributed by atoms with Crippen LogP contribution in [0.4, 0.5) is 8.78 Å². The van der Waals surface area contributed by atoms with E-state index in [1.165, 1.54) is 338 Å². The van der Waals surface area contributed by atoms with Gasteiger partial charge >= 0.3 is 0 Å². The number of nitrogens with zero attached hydrogens (tertiary/aromatic N) is 2. The number of hydrogen-bond donors (Lipinski definition) is 0. The fourth-order valence-corrected chi connectivity index (χ4v) is 45.0. The number of thiophene rings is 6. The molecule has 0 saturated carbocycles. The molecule has 121 heavy (non-hydrogen) atoms. The number of ether oxygens (including phenoxy) is 2. The number of aromatic nitrogens is 2.